The minimum atomic E-state index is -0.663. The maximum atomic E-state index is 13.2. The third-order valence-corrected chi connectivity index (χ3v) is 5.57. The molecule has 1 aliphatic rings. The number of aliphatic hydroxyl groups excluding tert-OH is 1. The van der Waals surface area contributed by atoms with Gasteiger partial charge in [-0.3, -0.25) is 4.79 Å². The van der Waals surface area contributed by atoms with Gasteiger partial charge in [-0.2, -0.15) is 0 Å². The Bertz CT molecular complexity index is 790. The number of carbonyl (C=O) groups is 1. The second kappa shape index (κ2) is 8.80. The van der Waals surface area contributed by atoms with Gasteiger partial charge in [0, 0.05) is 25.3 Å². The summed E-state index contributed by atoms with van der Waals surface area (Å²) in [5.74, 6) is 2.24. The Morgan fingerprint density at radius 1 is 1.25 bits per heavy atom. The van der Waals surface area contributed by atoms with Gasteiger partial charge in [-0.15, -0.1) is 0 Å². The van der Waals surface area contributed by atoms with Gasteiger partial charge in [-0.25, -0.2) is 0 Å². The molecule has 0 aliphatic carbocycles. The van der Waals surface area contributed by atoms with Gasteiger partial charge in [0.15, 0.2) is 0 Å². The largest absolute Gasteiger partial charge is 0.497 e. The Kier molecular flexibility index (Phi) is 6.42. The van der Waals surface area contributed by atoms with Gasteiger partial charge in [0.25, 0.3) is 0 Å². The van der Waals surface area contributed by atoms with Crippen molar-refractivity contribution in [2.24, 2.45) is 0 Å². The molecule has 152 valence electrons. The van der Waals surface area contributed by atoms with Crippen molar-refractivity contribution in [2.75, 3.05) is 26.9 Å². The highest BCUT2D eigenvalue weighted by Crippen LogP contribution is 2.36. The average molecular weight is 387 g/mol. The first-order valence-electron chi connectivity index (χ1n) is 9.72. The molecule has 1 aromatic heterocycles. The van der Waals surface area contributed by atoms with Crippen LogP contribution in [-0.4, -0.2) is 37.9 Å². The van der Waals surface area contributed by atoms with Gasteiger partial charge in [0.1, 0.15) is 17.3 Å². The summed E-state index contributed by atoms with van der Waals surface area (Å²) in [7, 11) is 1.63. The summed E-state index contributed by atoms with van der Waals surface area (Å²) in [6, 6.07) is 9.52. The van der Waals surface area contributed by atoms with Crippen LogP contribution in [0.2, 0.25) is 0 Å². The standard InChI is InChI=1S/C22H29NO5/c1-15-14-19(16(2)28-15)20(24)8-11-23-21(25)22(9-12-27-13-10-22)17-4-6-18(26-3)7-5-17/h4-7,14,20,24H,8-13H2,1-3H3,(H,23,25)/t20-/m0/s1. The summed E-state index contributed by atoms with van der Waals surface area (Å²) >= 11 is 0. The van der Waals surface area contributed by atoms with Crippen molar-refractivity contribution in [3.63, 3.8) is 0 Å². The van der Waals surface area contributed by atoms with Crippen LogP contribution in [0.5, 0.6) is 5.75 Å². The minimum absolute atomic E-state index is 0.0201. The fourth-order valence-electron chi connectivity index (χ4n) is 3.91. The Morgan fingerprint density at radius 2 is 1.93 bits per heavy atom. The smallest absolute Gasteiger partial charge is 0.230 e. The van der Waals surface area contributed by atoms with E-state index in [0.29, 0.717) is 39.0 Å². The summed E-state index contributed by atoms with van der Waals surface area (Å²) in [4.78, 5) is 13.2. The van der Waals surface area contributed by atoms with E-state index in [0.717, 1.165) is 28.4 Å². The maximum Gasteiger partial charge on any atom is 0.230 e. The average Bonchev–Trinajstić information content (AvgIpc) is 3.06. The zero-order chi connectivity index (χ0) is 20.1. The third-order valence-electron chi connectivity index (χ3n) is 5.57. The van der Waals surface area contributed by atoms with Crippen molar-refractivity contribution in [3.8, 4) is 5.75 Å². The van der Waals surface area contributed by atoms with Crippen molar-refractivity contribution in [1.82, 2.24) is 5.32 Å². The number of hydrogen-bond donors (Lipinski definition) is 2. The van der Waals surface area contributed by atoms with E-state index in [1.54, 1.807) is 7.11 Å². The molecule has 6 heteroatoms. The van der Waals surface area contributed by atoms with Crippen molar-refractivity contribution in [1.29, 1.82) is 0 Å². The molecule has 0 saturated carbocycles. The van der Waals surface area contributed by atoms with Crippen LogP contribution in [0.25, 0.3) is 0 Å². The summed E-state index contributed by atoms with van der Waals surface area (Å²) in [5, 5.41) is 13.5. The van der Waals surface area contributed by atoms with E-state index in [-0.39, 0.29) is 5.91 Å². The van der Waals surface area contributed by atoms with Gasteiger partial charge in [0.05, 0.1) is 18.6 Å². The van der Waals surface area contributed by atoms with Crippen molar-refractivity contribution in [3.05, 3.63) is 53.0 Å². The zero-order valence-corrected chi connectivity index (χ0v) is 16.8. The predicted molar refractivity (Wildman–Crippen MR) is 105 cm³/mol. The SMILES string of the molecule is COc1ccc(C2(C(=O)NCC[C@H](O)c3cc(C)oc3C)CCOCC2)cc1. The molecule has 2 heterocycles. The molecule has 0 bridgehead atoms. The summed E-state index contributed by atoms with van der Waals surface area (Å²) in [6.07, 6.45) is 1.03. The Labute approximate surface area is 165 Å². The first kappa shape index (κ1) is 20.4. The molecule has 1 aliphatic heterocycles. The predicted octanol–water partition coefficient (Wildman–Crippen LogP) is 3.19. The molecular weight excluding hydrogens is 358 g/mol. The fourth-order valence-corrected chi connectivity index (χ4v) is 3.91. The number of amides is 1. The maximum absolute atomic E-state index is 13.2. The Balaban J connectivity index is 1.67. The number of benzene rings is 1. The van der Waals surface area contributed by atoms with Gasteiger partial charge >= 0.3 is 0 Å². The Hall–Kier alpha value is -2.31. The fraction of sp³-hybridized carbons (Fsp3) is 0.500. The molecule has 2 aromatic rings. The van der Waals surface area contributed by atoms with Crippen LogP contribution in [0, 0.1) is 13.8 Å². The molecule has 0 unspecified atom stereocenters. The molecule has 1 amide bonds. The molecular formula is C22H29NO5. The number of methoxy groups -OCH3 is 1. The molecule has 1 atom stereocenters. The monoisotopic (exact) mass is 387 g/mol. The number of hydrogen-bond acceptors (Lipinski definition) is 5. The number of aryl methyl sites for hydroxylation is 2. The van der Waals surface area contributed by atoms with Gasteiger partial charge in [-0.05, 0) is 56.9 Å². The van der Waals surface area contributed by atoms with Crippen LogP contribution in [0.4, 0.5) is 0 Å². The number of aliphatic hydroxyl groups is 1. The van der Waals surface area contributed by atoms with E-state index in [9.17, 15) is 9.90 Å². The molecule has 1 fully saturated rings. The number of carbonyl (C=O) groups excluding carboxylic acids is 1. The van der Waals surface area contributed by atoms with Crippen molar-refractivity contribution in [2.45, 2.75) is 44.6 Å². The second-order valence-electron chi connectivity index (χ2n) is 7.35. The number of nitrogens with one attached hydrogen (secondary N) is 1. The van der Waals surface area contributed by atoms with E-state index in [2.05, 4.69) is 5.32 Å². The molecule has 28 heavy (non-hydrogen) atoms. The van der Waals surface area contributed by atoms with Gasteiger partial charge in [-0.1, -0.05) is 12.1 Å². The molecule has 2 N–H and O–H groups in total. The Morgan fingerprint density at radius 3 is 2.50 bits per heavy atom. The summed E-state index contributed by atoms with van der Waals surface area (Å²) in [5.41, 5.74) is 1.14. The van der Waals surface area contributed by atoms with Crippen LogP contribution in [0.15, 0.2) is 34.7 Å². The highest BCUT2D eigenvalue weighted by atomic mass is 16.5. The van der Waals surface area contributed by atoms with Crippen LogP contribution in [0.3, 0.4) is 0 Å². The lowest BCUT2D eigenvalue weighted by Gasteiger charge is -2.36. The zero-order valence-electron chi connectivity index (χ0n) is 16.8. The third kappa shape index (κ3) is 4.23. The quantitative estimate of drug-likeness (QED) is 0.763. The molecule has 1 saturated heterocycles. The lowest BCUT2D eigenvalue weighted by Crippen LogP contribution is -2.48. The van der Waals surface area contributed by atoms with E-state index in [1.165, 1.54) is 0 Å². The van der Waals surface area contributed by atoms with Gasteiger partial charge < -0.3 is 24.3 Å². The lowest BCUT2D eigenvalue weighted by atomic mass is 9.73. The van der Waals surface area contributed by atoms with Crippen LogP contribution in [0.1, 0.15) is 48.0 Å². The lowest BCUT2D eigenvalue weighted by molar-refractivity contribution is -0.130. The van der Waals surface area contributed by atoms with Gasteiger partial charge in [0.2, 0.25) is 5.91 Å². The second-order valence-corrected chi connectivity index (χ2v) is 7.35. The van der Waals surface area contributed by atoms with E-state index >= 15 is 0 Å². The molecule has 1 aromatic carbocycles. The molecule has 6 nitrogen and oxygen atoms in total. The highest BCUT2D eigenvalue weighted by molar-refractivity contribution is 5.88. The normalized spacial score (nSPS) is 17.1. The van der Waals surface area contributed by atoms with E-state index < -0.39 is 11.5 Å². The van der Waals surface area contributed by atoms with Crippen molar-refractivity contribution >= 4 is 5.91 Å². The minimum Gasteiger partial charge on any atom is -0.497 e. The summed E-state index contributed by atoms with van der Waals surface area (Å²) in [6.45, 7) is 5.19. The topological polar surface area (TPSA) is 80.9 Å². The molecule has 0 radical (unpaired) electrons. The van der Waals surface area contributed by atoms with Crippen LogP contribution < -0.4 is 10.1 Å². The molecule has 3 rings (SSSR count). The number of rotatable bonds is 7. The van der Waals surface area contributed by atoms with E-state index in [1.807, 2.05) is 44.2 Å². The first-order chi connectivity index (χ1) is 13.5. The molecule has 0 spiro atoms. The van der Waals surface area contributed by atoms with Crippen molar-refractivity contribution < 1.29 is 23.8 Å². The number of ether oxygens (including phenoxy) is 2. The number of furan rings is 1. The highest BCUT2D eigenvalue weighted by Gasteiger charge is 2.41. The van der Waals surface area contributed by atoms with Crippen LogP contribution in [-0.2, 0) is 14.9 Å². The summed E-state index contributed by atoms with van der Waals surface area (Å²) < 4.78 is 16.2. The first-order valence-corrected chi connectivity index (χ1v) is 9.72. The van der Waals surface area contributed by atoms with Crippen LogP contribution >= 0.6 is 0 Å². The van der Waals surface area contributed by atoms with E-state index in [4.69, 9.17) is 13.9 Å².